The Labute approximate surface area is 190 Å². The zero-order valence-corrected chi connectivity index (χ0v) is 18.8. The average Bonchev–Trinajstić information content (AvgIpc) is 2.80. The van der Waals surface area contributed by atoms with Gasteiger partial charge in [0.25, 0.3) is 17.0 Å². The third-order valence-electron chi connectivity index (χ3n) is 5.17. The lowest BCUT2D eigenvalue weighted by Crippen LogP contribution is -2.42. The highest BCUT2D eigenvalue weighted by molar-refractivity contribution is 6.05. The molecule has 0 bridgehead atoms. The van der Waals surface area contributed by atoms with Gasteiger partial charge in [0.2, 0.25) is 0 Å². The van der Waals surface area contributed by atoms with Gasteiger partial charge in [-0.25, -0.2) is 9.48 Å². The number of nitrogens with zero attached hydrogens (tertiary/aromatic N) is 4. The van der Waals surface area contributed by atoms with E-state index < -0.39 is 17.2 Å². The second-order valence-electron chi connectivity index (χ2n) is 7.66. The fourth-order valence-electron chi connectivity index (χ4n) is 3.49. The topological polar surface area (TPSA) is 136 Å². The number of carbonyl (C=O) groups is 1. The molecule has 2 heterocycles. The number of nitrogens with two attached hydrogens (primary N) is 1. The summed E-state index contributed by atoms with van der Waals surface area (Å²) in [6.07, 6.45) is 1.98. The average molecular weight is 453 g/mol. The normalized spacial score (nSPS) is 10.8. The Morgan fingerprint density at radius 1 is 1.06 bits per heavy atom. The van der Waals surface area contributed by atoms with Gasteiger partial charge in [-0.05, 0) is 24.5 Å². The maximum Gasteiger partial charge on any atom is 0.330 e. The van der Waals surface area contributed by atoms with Gasteiger partial charge in [-0.1, -0.05) is 50.6 Å². The maximum absolute atomic E-state index is 13.5. The van der Waals surface area contributed by atoms with E-state index in [-0.39, 0.29) is 35.8 Å². The number of nitrogens with one attached hydrogen (secondary N) is 1. The second-order valence-corrected chi connectivity index (χ2v) is 7.66. The highest BCUT2D eigenvalue weighted by Crippen LogP contribution is 2.19. The molecule has 0 fully saturated rings. The lowest BCUT2D eigenvalue weighted by molar-refractivity contribution is 0.0979. The molecule has 33 heavy (non-hydrogen) atoms. The van der Waals surface area contributed by atoms with Gasteiger partial charge in [0.1, 0.15) is 11.5 Å². The first-order valence-electron chi connectivity index (χ1n) is 10.9. The summed E-state index contributed by atoms with van der Waals surface area (Å²) in [5.41, 5.74) is 5.22. The van der Waals surface area contributed by atoms with Crippen LogP contribution in [0.1, 0.15) is 49.2 Å². The van der Waals surface area contributed by atoms with Crippen LogP contribution in [-0.2, 0) is 13.1 Å². The molecule has 0 unspecified atom stereocenters. The van der Waals surface area contributed by atoms with Crippen LogP contribution in [0.15, 0.2) is 56.8 Å². The Bertz CT molecular complexity index is 1290. The van der Waals surface area contributed by atoms with Crippen LogP contribution in [0.3, 0.4) is 0 Å². The van der Waals surface area contributed by atoms with E-state index in [0.717, 1.165) is 12.0 Å². The first-order chi connectivity index (χ1) is 15.9. The second kappa shape index (κ2) is 10.6. The number of hydrogen-bond donors (Lipinski definition) is 2. The van der Waals surface area contributed by atoms with Gasteiger partial charge in [-0.2, -0.15) is 5.10 Å². The van der Waals surface area contributed by atoms with Crippen molar-refractivity contribution < 1.29 is 4.79 Å². The molecule has 0 aliphatic rings. The molecule has 174 valence electrons. The van der Waals surface area contributed by atoms with Crippen LogP contribution in [0.4, 0.5) is 11.5 Å². The van der Waals surface area contributed by atoms with E-state index in [2.05, 4.69) is 10.1 Å². The van der Waals surface area contributed by atoms with Gasteiger partial charge in [0, 0.05) is 19.2 Å². The number of aromatic nitrogens is 4. The van der Waals surface area contributed by atoms with Crippen molar-refractivity contribution in [2.45, 2.75) is 46.2 Å². The maximum atomic E-state index is 13.5. The number of anilines is 2. The van der Waals surface area contributed by atoms with Crippen LogP contribution in [0.25, 0.3) is 0 Å². The van der Waals surface area contributed by atoms with Crippen molar-refractivity contribution in [2.24, 2.45) is 0 Å². The molecule has 0 spiro atoms. The quantitative estimate of drug-likeness (QED) is 0.506. The Balaban J connectivity index is 2.06. The molecule has 0 saturated carbocycles. The summed E-state index contributed by atoms with van der Waals surface area (Å²) in [5, 5.41) is 4.25. The van der Waals surface area contributed by atoms with E-state index in [4.69, 9.17) is 5.73 Å². The number of rotatable bonds is 9. The minimum Gasteiger partial charge on any atom is -0.383 e. The lowest BCUT2D eigenvalue weighted by Gasteiger charge is -2.24. The molecule has 10 nitrogen and oxygen atoms in total. The molecule has 3 rings (SSSR count). The summed E-state index contributed by atoms with van der Waals surface area (Å²) in [5.74, 6) is -0.656. The molecule has 3 N–H and O–H groups in total. The summed E-state index contributed by atoms with van der Waals surface area (Å²) >= 11 is 0. The minimum atomic E-state index is -0.744. The van der Waals surface area contributed by atoms with Crippen LogP contribution in [0.2, 0.25) is 0 Å². The molecule has 0 radical (unpaired) electrons. The van der Waals surface area contributed by atoms with Gasteiger partial charge in [-0.3, -0.25) is 28.8 Å². The summed E-state index contributed by atoms with van der Waals surface area (Å²) in [6.45, 7) is 4.51. The van der Waals surface area contributed by atoms with Crippen molar-refractivity contribution in [3.05, 3.63) is 84.9 Å². The molecule has 0 aliphatic carbocycles. The zero-order chi connectivity index (χ0) is 24.0. The molecule has 1 aromatic carbocycles. The van der Waals surface area contributed by atoms with Gasteiger partial charge < -0.3 is 5.73 Å². The number of carbonyl (C=O) groups excluding carboxylic acids is 1. The molecule has 0 atom stereocenters. The predicted molar refractivity (Wildman–Crippen MR) is 127 cm³/mol. The van der Waals surface area contributed by atoms with Crippen molar-refractivity contribution in [3.63, 3.8) is 0 Å². The summed E-state index contributed by atoms with van der Waals surface area (Å²) in [7, 11) is 0. The van der Waals surface area contributed by atoms with E-state index >= 15 is 0 Å². The molecule has 3 aromatic rings. The molecule has 2 aromatic heterocycles. The van der Waals surface area contributed by atoms with Crippen LogP contribution < -0.4 is 27.4 Å². The van der Waals surface area contributed by atoms with Crippen LogP contribution in [0.5, 0.6) is 0 Å². The fourth-order valence-corrected chi connectivity index (χ4v) is 3.49. The Morgan fingerprint density at radius 3 is 2.45 bits per heavy atom. The molecular formula is C23H28N6O4. The van der Waals surface area contributed by atoms with Crippen molar-refractivity contribution in [3.8, 4) is 0 Å². The molecule has 10 heteroatoms. The van der Waals surface area contributed by atoms with Crippen LogP contribution >= 0.6 is 0 Å². The highest BCUT2D eigenvalue weighted by Gasteiger charge is 2.26. The summed E-state index contributed by atoms with van der Waals surface area (Å²) in [4.78, 5) is 54.2. The summed E-state index contributed by atoms with van der Waals surface area (Å²) < 4.78 is 2.44. The van der Waals surface area contributed by atoms with E-state index in [1.807, 2.05) is 44.2 Å². The first-order valence-corrected chi connectivity index (χ1v) is 10.9. The number of aromatic amines is 1. The van der Waals surface area contributed by atoms with Crippen LogP contribution in [0, 0.1) is 0 Å². The summed E-state index contributed by atoms with van der Waals surface area (Å²) in [6, 6.07) is 11.9. The number of H-pyrrole nitrogens is 1. The van der Waals surface area contributed by atoms with E-state index in [9.17, 15) is 19.2 Å². The third kappa shape index (κ3) is 5.28. The van der Waals surface area contributed by atoms with E-state index in [1.165, 1.54) is 26.3 Å². The number of hydrogen-bond acceptors (Lipinski definition) is 6. The zero-order valence-electron chi connectivity index (χ0n) is 18.8. The van der Waals surface area contributed by atoms with E-state index in [0.29, 0.717) is 19.4 Å². The monoisotopic (exact) mass is 452 g/mol. The third-order valence-corrected chi connectivity index (χ3v) is 5.17. The van der Waals surface area contributed by atoms with Crippen molar-refractivity contribution in [2.75, 3.05) is 17.2 Å². The minimum absolute atomic E-state index is 0.00586. The SMILES string of the molecule is CCCCN(C(=O)c1ccc(=O)n(Cc2ccccc2)n1)c1c(N)n(CCC)c(=O)[nH]c1=O. The largest absolute Gasteiger partial charge is 0.383 e. The van der Waals surface area contributed by atoms with Gasteiger partial charge in [0.05, 0.1) is 6.54 Å². The number of nitrogen functional groups attached to an aromatic ring is 1. The molecule has 1 amide bonds. The van der Waals surface area contributed by atoms with Gasteiger partial charge in [0.15, 0.2) is 5.69 Å². The molecular weight excluding hydrogens is 424 g/mol. The molecule has 0 aliphatic heterocycles. The van der Waals surface area contributed by atoms with Crippen molar-refractivity contribution >= 4 is 17.4 Å². The number of unbranched alkanes of at least 4 members (excludes halogenated alkanes) is 1. The Morgan fingerprint density at radius 2 is 1.79 bits per heavy atom. The van der Waals surface area contributed by atoms with Crippen molar-refractivity contribution in [1.82, 2.24) is 19.3 Å². The molecule has 0 saturated heterocycles. The Hall–Kier alpha value is -3.95. The number of benzene rings is 1. The van der Waals surface area contributed by atoms with Gasteiger partial charge >= 0.3 is 5.69 Å². The van der Waals surface area contributed by atoms with Gasteiger partial charge in [-0.15, -0.1) is 0 Å². The Kier molecular flexibility index (Phi) is 7.60. The van der Waals surface area contributed by atoms with Crippen LogP contribution in [-0.4, -0.2) is 31.8 Å². The smallest absolute Gasteiger partial charge is 0.330 e. The standard InChI is InChI=1S/C23H28N6O4/c1-3-5-14-27(19-20(24)28(13-4-2)23(33)25-21(19)31)22(32)17-11-12-18(30)29(26-17)15-16-9-7-6-8-10-16/h6-12H,3-5,13-15,24H2,1-2H3,(H,25,31,33). The first kappa shape index (κ1) is 23.7. The fraction of sp³-hybridized carbons (Fsp3) is 0.348. The lowest BCUT2D eigenvalue weighted by atomic mass is 10.2. The van der Waals surface area contributed by atoms with E-state index in [1.54, 1.807) is 0 Å². The highest BCUT2D eigenvalue weighted by atomic mass is 16.2. The number of amides is 1. The van der Waals surface area contributed by atoms with Crippen molar-refractivity contribution in [1.29, 1.82) is 0 Å². The predicted octanol–water partition coefficient (Wildman–Crippen LogP) is 1.58.